The summed E-state index contributed by atoms with van der Waals surface area (Å²) in [7, 11) is 1.99. The molecule has 0 amide bonds. The molecule has 0 atom stereocenters. The van der Waals surface area contributed by atoms with Gasteiger partial charge in [-0.3, -0.25) is 4.90 Å². The fourth-order valence-electron chi connectivity index (χ4n) is 2.11. The summed E-state index contributed by atoms with van der Waals surface area (Å²) in [5.74, 6) is -0.149. The number of carbonyl (C=O) groups is 1. The third-order valence-corrected chi connectivity index (χ3v) is 3.18. The summed E-state index contributed by atoms with van der Waals surface area (Å²) in [5.41, 5.74) is 1.33. The van der Waals surface area contributed by atoms with E-state index in [2.05, 4.69) is 27.2 Å². The highest BCUT2D eigenvalue weighted by molar-refractivity contribution is 5.84. The maximum atomic E-state index is 11.5. The normalized spacial score (nSPS) is 10.9. The maximum Gasteiger partial charge on any atom is 0.379 e. The summed E-state index contributed by atoms with van der Waals surface area (Å²) in [5, 5.41) is 3.63. The van der Waals surface area contributed by atoms with E-state index in [0.29, 0.717) is 19.0 Å². The number of esters is 1. The van der Waals surface area contributed by atoms with Crippen LogP contribution >= 0.6 is 0 Å². The average Bonchev–Trinajstić information content (AvgIpc) is 2.97. The number of rotatable bonds is 8. The summed E-state index contributed by atoms with van der Waals surface area (Å²) in [6.45, 7) is 3.45. The maximum absolute atomic E-state index is 11.5. The fraction of sp³-hybridized carbons (Fsp3) is 0.438. The van der Waals surface area contributed by atoms with Crippen molar-refractivity contribution >= 4 is 5.97 Å². The van der Waals surface area contributed by atoms with E-state index in [1.165, 1.54) is 5.56 Å². The van der Waals surface area contributed by atoms with Crippen LogP contribution in [0.4, 0.5) is 0 Å². The van der Waals surface area contributed by atoms with Gasteiger partial charge in [-0.05, 0) is 44.1 Å². The van der Waals surface area contributed by atoms with Crippen molar-refractivity contribution in [3.05, 3.63) is 47.6 Å². The molecule has 0 aliphatic carbocycles. The Labute approximate surface area is 130 Å². The molecule has 1 heterocycles. The number of aryl methyl sites for hydroxylation is 1. The molecule has 0 aliphatic rings. The molecule has 118 valence electrons. The lowest BCUT2D eigenvalue weighted by Gasteiger charge is -2.13. The van der Waals surface area contributed by atoms with E-state index in [1.807, 2.05) is 25.2 Å². The van der Waals surface area contributed by atoms with Crippen molar-refractivity contribution in [1.29, 1.82) is 0 Å². The van der Waals surface area contributed by atoms with E-state index in [9.17, 15) is 4.79 Å². The molecular formula is C16H21N3O3. The van der Waals surface area contributed by atoms with E-state index in [0.717, 1.165) is 19.4 Å². The van der Waals surface area contributed by atoms with E-state index < -0.39 is 5.97 Å². The van der Waals surface area contributed by atoms with Crippen LogP contribution in [0.25, 0.3) is 0 Å². The highest BCUT2D eigenvalue weighted by Crippen LogP contribution is 2.06. The monoisotopic (exact) mass is 303 g/mol. The zero-order valence-electron chi connectivity index (χ0n) is 13.0. The van der Waals surface area contributed by atoms with Gasteiger partial charge in [0.25, 0.3) is 5.82 Å². The zero-order valence-corrected chi connectivity index (χ0v) is 13.0. The quantitative estimate of drug-likeness (QED) is 0.697. The molecule has 2 rings (SSSR count). The van der Waals surface area contributed by atoms with E-state index in [4.69, 9.17) is 9.26 Å². The van der Waals surface area contributed by atoms with Gasteiger partial charge in [0.2, 0.25) is 5.89 Å². The minimum absolute atomic E-state index is 0.0189. The number of ether oxygens (including phenoxy) is 1. The first-order chi connectivity index (χ1) is 10.7. The largest absolute Gasteiger partial charge is 0.460 e. The second-order valence-corrected chi connectivity index (χ2v) is 5.06. The molecule has 0 aliphatic heterocycles. The highest BCUT2D eigenvalue weighted by atomic mass is 16.5. The molecule has 0 saturated heterocycles. The Morgan fingerprint density at radius 2 is 2.09 bits per heavy atom. The molecule has 1 aromatic carbocycles. The number of benzene rings is 1. The Morgan fingerprint density at radius 3 is 2.82 bits per heavy atom. The molecule has 22 heavy (non-hydrogen) atoms. The van der Waals surface area contributed by atoms with Crippen LogP contribution in [0.1, 0.15) is 35.4 Å². The highest BCUT2D eigenvalue weighted by Gasteiger charge is 2.16. The van der Waals surface area contributed by atoms with Crippen molar-refractivity contribution < 1.29 is 14.1 Å². The molecule has 0 N–H and O–H groups in total. The van der Waals surface area contributed by atoms with Gasteiger partial charge in [-0.15, -0.1) is 0 Å². The second-order valence-electron chi connectivity index (χ2n) is 5.06. The molecule has 0 bridgehead atoms. The van der Waals surface area contributed by atoms with Crippen LogP contribution in [-0.2, 0) is 17.7 Å². The lowest BCUT2D eigenvalue weighted by molar-refractivity contribution is 0.0508. The van der Waals surface area contributed by atoms with Gasteiger partial charge in [0.05, 0.1) is 13.2 Å². The summed E-state index contributed by atoms with van der Waals surface area (Å²) >= 11 is 0. The van der Waals surface area contributed by atoms with Gasteiger partial charge in [-0.2, -0.15) is 4.98 Å². The second kappa shape index (κ2) is 8.29. The third kappa shape index (κ3) is 4.96. The average molecular weight is 303 g/mol. The molecule has 0 fully saturated rings. The minimum Gasteiger partial charge on any atom is -0.460 e. The Bertz CT molecular complexity index is 583. The van der Waals surface area contributed by atoms with Crippen LogP contribution in [0.15, 0.2) is 34.9 Å². The molecule has 2 aromatic rings. The van der Waals surface area contributed by atoms with Crippen LogP contribution in [0.5, 0.6) is 0 Å². The molecule has 1 aromatic heterocycles. The van der Waals surface area contributed by atoms with Gasteiger partial charge in [0.1, 0.15) is 0 Å². The number of nitrogens with zero attached hydrogens (tertiary/aromatic N) is 3. The van der Waals surface area contributed by atoms with Crippen molar-refractivity contribution in [2.24, 2.45) is 0 Å². The Balaban J connectivity index is 1.75. The first-order valence-electron chi connectivity index (χ1n) is 7.41. The summed E-state index contributed by atoms with van der Waals surface area (Å²) in [4.78, 5) is 17.6. The van der Waals surface area contributed by atoms with Crippen molar-refractivity contribution in [1.82, 2.24) is 15.0 Å². The van der Waals surface area contributed by atoms with Gasteiger partial charge in [0.15, 0.2) is 0 Å². The van der Waals surface area contributed by atoms with Gasteiger partial charge < -0.3 is 9.26 Å². The van der Waals surface area contributed by atoms with Crippen molar-refractivity contribution in [2.75, 3.05) is 20.2 Å². The number of hydrogen-bond donors (Lipinski definition) is 0. The molecule has 6 nitrogen and oxygen atoms in total. The zero-order chi connectivity index (χ0) is 15.8. The molecule has 6 heteroatoms. The Hall–Kier alpha value is -2.21. The Kier molecular flexibility index (Phi) is 6.09. The molecule has 0 radical (unpaired) electrons. The number of aromatic nitrogens is 2. The summed E-state index contributed by atoms with van der Waals surface area (Å²) < 4.78 is 9.89. The van der Waals surface area contributed by atoms with Crippen molar-refractivity contribution in [3.63, 3.8) is 0 Å². The van der Waals surface area contributed by atoms with Crippen molar-refractivity contribution in [2.45, 2.75) is 26.3 Å². The topological polar surface area (TPSA) is 68.5 Å². The standard InChI is InChI=1S/C16H21N3O3/c1-3-21-16(20)15-17-14(22-18-15)12-19(2)11-7-10-13-8-5-4-6-9-13/h4-6,8-9H,3,7,10-12H2,1-2H3. The molecule has 0 spiro atoms. The van der Waals surface area contributed by atoms with Crippen LogP contribution in [0.3, 0.4) is 0 Å². The lowest BCUT2D eigenvalue weighted by Crippen LogP contribution is -2.20. The predicted octanol–water partition coefficient (Wildman–Crippen LogP) is 2.31. The fourth-order valence-corrected chi connectivity index (χ4v) is 2.11. The minimum atomic E-state index is -0.552. The van der Waals surface area contributed by atoms with Crippen LogP contribution < -0.4 is 0 Å². The Morgan fingerprint density at radius 1 is 1.32 bits per heavy atom. The first kappa shape index (κ1) is 16.2. The molecule has 0 saturated carbocycles. The van der Waals surface area contributed by atoms with E-state index >= 15 is 0 Å². The SMILES string of the molecule is CCOC(=O)c1noc(CN(C)CCCc2ccccc2)n1. The number of hydrogen-bond acceptors (Lipinski definition) is 6. The molecule has 0 unspecified atom stereocenters. The van der Waals surface area contributed by atoms with E-state index in [1.54, 1.807) is 6.92 Å². The predicted molar refractivity (Wildman–Crippen MR) is 81.4 cm³/mol. The van der Waals surface area contributed by atoms with Gasteiger partial charge in [0, 0.05) is 0 Å². The van der Waals surface area contributed by atoms with Gasteiger partial charge in [-0.25, -0.2) is 4.79 Å². The van der Waals surface area contributed by atoms with Crippen molar-refractivity contribution in [3.8, 4) is 0 Å². The van der Waals surface area contributed by atoms with Gasteiger partial charge >= 0.3 is 5.97 Å². The van der Waals surface area contributed by atoms with E-state index in [-0.39, 0.29) is 5.82 Å². The van der Waals surface area contributed by atoms with Crippen LogP contribution in [-0.4, -0.2) is 41.2 Å². The molecular weight excluding hydrogens is 282 g/mol. The smallest absolute Gasteiger partial charge is 0.379 e. The lowest BCUT2D eigenvalue weighted by atomic mass is 10.1. The summed E-state index contributed by atoms with van der Waals surface area (Å²) in [6, 6.07) is 10.4. The first-order valence-corrected chi connectivity index (χ1v) is 7.41. The van der Waals surface area contributed by atoms with Crippen LogP contribution in [0, 0.1) is 0 Å². The number of carbonyl (C=O) groups excluding carboxylic acids is 1. The van der Waals surface area contributed by atoms with Gasteiger partial charge in [-0.1, -0.05) is 30.3 Å². The third-order valence-electron chi connectivity index (χ3n) is 3.18. The summed E-state index contributed by atoms with van der Waals surface area (Å²) in [6.07, 6.45) is 2.07. The van der Waals surface area contributed by atoms with Crippen LogP contribution in [0.2, 0.25) is 0 Å².